The van der Waals surface area contributed by atoms with Gasteiger partial charge in [0.25, 0.3) is 5.91 Å². The number of aromatic nitrogens is 2. The van der Waals surface area contributed by atoms with Crippen molar-refractivity contribution in [3.8, 4) is 0 Å². The molecule has 0 unspecified atom stereocenters. The lowest BCUT2D eigenvalue weighted by molar-refractivity contribution is 0.0480. The standard InChI is InChI=1S/C22H23N3O6/c1-6-29-21(27)17-13(5)31-20(18(17)22(28)30-7-2)25-19(26)14-8-9-15-16(10-14)24-12(4)11(3)23-15/h8-10H,6-7H2,1-5H3,(H,25,26). The van der Waals surface area contributed by atoms with E-state index in [0.29, 0.717) is 11.0 Å². The predicted molar refractivity (Wildman–Crippen MR) is 112 cm³/mol. The number of carbonyl (C=O) groups excluding carboxylic acids is 3. The second-order valence-corrected chi connectivity index (χ2v) is 6.73. The van der Waals surface area contributed by atoms with Crippen molar-refractivity contribution in [2.45, 2.75) is 34.6 Å². The minimum atomic E-state index is -0.798. The van der Waals surface area contributed by atoms with E-state index in [4.69, 9.17) is 13.9 Å². The molecule has 1 amide bonds. The van der Waals surface area contributed by atoms with Crippen LogP contribution in [0, 0.1) is 20.8 Å². The van der Waals surface area contributed by atoms with Crippen LogP contribution in [0.15, 0.2) is 22.6 Å². The predicted octanol–water partition coefficient (Wildman–Crippen LogP) is 3.75. The van der Waals surface area contributed by atoms with E-state index in [9.17, 15) is 14.4 Å². The van der Waals surface area contributed by atoms with Gasteiger partial charge in [0, 0.05) is 5.56 Å². The number of hydrogen-bond donors (Lipinski definition) is 1. The highest BCUT2D eigenvalue weighted by molar-refractivity contribution is 6.12. The number of amides is 1. The highest BCUT2D eigenvalue weighted by atomic mass is 16.5. The van der Waals surface area contributed by atoms with Gasteiger partial charge in [-0.1, -0.05) is 0 Å². The van der Waals surface area contributed by atoms with Gasteiger partial charge in [-0.15, -0.1) is 0 Å². The number of anilines is 1. The van der Waals surface area contributed by atoms with Gasteiger partial charge in [0.15, 0.2) is 0 Å². The Labute approximate surface area is 178 Å². The van der Waals surface area contributed by atoms with Crippen LogP contribution in [0.5, 0.6) is 0 Å². The Kier molecular flexibility index (Phi) is 6.33. The van der Waals surface area contributed by atoms with Crippen molar-refractivity contribution < 1.29 is 28.3 Å². The fraction of sp³-hybridized carbons (Fsp3) is 0.318. The molecule has 3 aromatic rings. The lowest BCUT2D eigenvalue weighted by atomic mass is 10.1. The number of furan rings is 1. The van der Waals surface area contributed by atoms with Gasteiger partial charge in [0.1, 0.15) is 16.9 Å². The summed E-state index contributed by atoms with van der Waals surface area (Å²) in [5.41, 5.74) is 2.81. The van der Waals surface area contributed by atoms with Crippen LogP contribution in [-0.2, 0) is 9.47 Å². The average molecular weight is 425 g/mol. The first-order chi connectivity index (χ1) is 14.8. The molecule has 0 fully saturated rings. The summed E-state index contributed by atoms with van der Waals surface area (Å²) in [5, 5.41) is 2.55. The Balaban J connectivity index is 1.99. The molecule has 3 rings (SSSR count). The van der Waals surface area contributed by atoms with E-state index < -0.39 is 17.8 Å². The van der Waals surface area contributed by atoms with Gasteiger partial charge in [-0.2, -0.15) is 0 Å². The number of benzene rings is 1. The molecule has 31 heavy (non-hydrogen) atoms. The summed E-state index contributed by atoms with van der Waals surface area (Å²) >= 11 is 0. The molecule has 9 heteroatoms. The highest BCUT2D eigenvalue weighted by Crippen LogP contribution is 2.29. The Bertz CT molecular complexity index is 1180. The number of esters is 2. The van der Waals surface area contributed by atoms with Crippen LogP contribution in [0.25, 0.3) is 11.0 Å². The van der Waals surface area contributed by atoms with Crippen LogP contribution in [-0.4, -0.2) is 41.0 Å². The van der Waals surface area contributed by atoms with Gasteiger partial charge in [0.05, 0.1) is 35.6 Å². The van der Waals surface area contributed by atoms with Crippen LogP contribution in [0.3, 0.4) is 0 Å². The average Bonchev–Trinajstić information content (AvgIpc) is 3.04. The molecule has 1 N–H and O–H groups in total. The molecule has 0 aliphatic heterocycles. The van der Waals surface area contributed by atoms with E-state index in [-0.39, 0.29) is 41.5 Å². The first-order valence-electron chi connectivity index (χ1n) is 9.80. The fourth-order valence-electron chi connectivity index (χ4n) is 3.03. The van der Waals surface area contributed by atoms with Crippen molar-refractivity contribution >= 4 is 34.8 Å². The summed E-state index contributed by atoms with van der Waals surface area (Å²) in [6.45, 7) is 8.67. The normalized spacial score (nSPS) is 10.7. The number of carbonyl (C=O) groups is 3. The second kappa shape index (κ2) is 8.95. The van der Waals surface area contributed by atoms with Crippen molar-refractivity contribution in [3.63, 3.8) is 0 Å². The molecule has 0 bridgehead atoms. The lowest BCUT2D eigenvalue weighted by Crippen LogP contribution is -2.17. The van der Waals surface area contributed by atoms with E-state index in [1.54, 1.807) is 32.0 Å². The molecule has 162 valence electrons. The summed E-state index contributed by atoms with van der Waals surface area (Å²) in [6, 6.07) is 4.87. The molecule has 9 nitrogen and oxygen atoms in total. The van der Waals surface area contributed by atoms with Gasteiger partial charge in [-0.25, -0.2) is 19.6 Å². The molecule has 2 aromatic heterocycles. The van der Waals surface area contributed by atoms with Crippen molar-refractivity contribution in [1.82, 2.24) is 9.97 Å². The smallest absolute Gasteiger partial charge is 0.344 e. The van der Waals surface area contributed by atoms with E-state index in [2.05, 4.69) is 15.3 Å². The third kappa shape index (κ3) is 4.40. The van der Waals surface area contributed by atoms with Crippen molar-refractivity contribution in [2.24, 2.45) is 0 Å². The van der Waals surface area contributed by atoms with E-state index in [1.807, 2.05) is 13.8 Å². The maximum Gasteiger partial charge on any atom is 0.344 e. The van der Waals surface area contributed by atoms with Crippen LogP contribution >= 0.6 is 0 Å². The molecule has 0 saturated heterocycles. The number of ether oxygens (including phenoxy) is 2. The Morgan fingerprint density at radius 1 is 0.903 bits per heavy atom. The molecule has 0 saturated carbocycles. The number of aryl methyl sites for hydroxylation is 3. The van der Waals surface area contributed by atoms with E-state index in [0.717, 1.165) is 11.4 Å². The zero-order valence-corrected chi connectivity index (χ0v) is 18.0. The monoisotopic (exact) mass is 425 g/mol. The van der Waals surface area contributed by atoms with Gasteiger partial charge in [-0.05, 0) is 52.8 Å². The van der Waals surface area contributed by atoms with Gasteiger partial charge < -0.3 is 13.9 Å². The van der Waals surface area contributed by atoms with Crippen LogP contribution < -0.4 is 5.32 Å². The number of rotatable bonds is 6. The Hall–Kier alpha value is -3.75. The number of hydrogen-bond acceptors (Lipinski definition) is 8. The van der Waals surface area contributed by atoms with Crippen LogP contribution in [0.1, 0.15) is 62.1 Å². The van der Waals surface area contributed by atoms with E-state index in [1.165, 1.54) is 6.92 Å². The summed E-state index contributed by atoms with van der Waals surface area (Å²) in [5.74, 6) is -2.13. The van der Waals surface area contributed by atoms with E-state index >= 15 is 0 Å². The molecular weight excluding hydrogens is 402 g/mol. The summed E-state index contributed by atoms with van der Waals surface area (Å²) in [7, 11) is 0. The second-order valence-electron chi connectivity index (χ2n) is 6.73. The summed E-state index contributed by atoms with van der Waals surface area (Å²) < 4.78 is 15.6. The number of nitrogens with zero attached hydrogens (tertiary/aromatic N) is 2. The summed E-state index contributed by atoms with van der Waals surface area (Å²) in [4.78, 5) is 46.6. The first-order valence-corrected chi connectivity index (χ1v) is 9.80. The molecule has 2 heterocycles. The minimum Gasteiger partial charge on any atom is -0.462 e. The first kappa shape index (κ1) is 21.9. The topological polar surface area (TPSA) is 121 Å². The molecule has 1 aromatic carbocycles. The maximum atomic E-state index is 12.9. The third-order valence-corrected chi connectivity index (χ3v) is 4.61. The molecule has 0 radical (unpaired) electrons. The van der Waals surface area contributed by atoms with Gasteiger partial charge in [-0.3, -0.25) is 10.1 Å². The van der Waals surface area contributed by atoms with Crippen LogP contribution in [0.2, 0.25) is 0 Å². The molecule has 0 spiro atoms. The largest absolute Gasteiger partial charge is 0.462 e. The van der Waals surface area contributed by atoms with Crippen molar-refractivity contribution in [2.75, 3.05) is 18.5 Å². The third-order valence-electron chi connectivity index (χ3n) is 4.61. The zero-order valence-electron chi connectivity index (χ0n) is 18.0. The molecule has 0 atom stereocenters. The number of nitrogens with one attached hydrogen (secondary N) is 1. The van der Waals surface area contributed by atoms with Crippen molar-refractivity contribution in [3.05, 3.63) is 52.0 Å². The SMILES string of the molecule is CCOC(=O)c1c(C)oc(NC(=O)c2ccc3nc(C)c(C)nc3c2)c1C(=O)OCC. The Morgan fingerprint density at radius 3 is 2.10 bits per heavy atom. The van der Waals surface area contributed by atoms with Gasteiger partial charge in [0.2, 0.25) is 5.88 Å². The fourth-order valence-corrected chi connectivity index (χ4v) is 3.03. The molecule has 0 aliphatic rings. The lowest BCUT2D eigenvalue weighted by Gasteiger charge is -2.08. The number of fused-ring (bicyclic) bond motifs is 1. The zero-order chi connectivity index (χ0) is 22.7. The Morgan fingerprint density at radius 2 is 1.48 bits per heavy atom. The molecule has 0 aliphatic carbocycles. The maximum absolute atomic E-state index is 12.9. The molecular formula is C22H23N3O6. The quantitative estimate of drug-likeness (QED) is 0.593. The van der Waals surface area contributed by atoms with Crippen molar-refractivity contribution in [1.29, 1.82) is 0 Å². The minimum absolute atomic E-state index is 0.0777. The van der Waals surface area contributed by atoms with Gasteiger partial charge >= 0.3 is 11.9 Å². The van der Waals surface area contributed by atoms with Crippen LogP contribution in [0.4, 0.5) is 5.88 Å². The summed E-state index contributed by atoms with van der Waals surface area (Å²) in [6.07, 6.45) is 0. The highest BCUT2D eigenvalue weighted by Gasteiger charge is 2.31.